The van der Waals surface area contributed by atoms with Gasteiger partial charge in [0.2, 0.25) is 15.9 Å². The highest BCUT2D eigenvalue weighted by molar-refractivity contribution is 7.89. The van der Waals surface area contributed by atoms with Gasteiger partial charge >= 0.3 is 6.18 Å². The van der Waals surface area contributed by atoms with E-state index in [0.717, 1.165) is 56.8 Å². The van der Waals surface area contributed by atoms with Gasteiger partial charge in [-0.15, -0.1) is 0 Å². The Morgan fingerprint density at radius 2 is 1.77 bits per heavy atom. The van der Waals surface area contributed by atoms with Crippen LogP contribution >= 0.6 is 0 Å². The molecule has 1 amide bonds. The molecule has 2 unspecified atom stereocenters. The molecule has 39 heavy (non-hydrogen) atoms. The minimum Gasteiger partial charge on any atom is -0.353 e. The molecule has 2 fully saturated rings. The second-order valence-corrected chi connectivity index (χ2v) is 13.0. The highest BCUT2D eigenvalue weighted by Crippen LogP contribution is 2.39. The Morgan fingerprint density at radius 1 is 1.05 bits per heavy atom. The van der Waals surface area contributed by atoms with Gasteiger partial charge in [-0.2, -0.15) is 17.5 Å². The number of piperazine rings is 1. The Morgan fingerprint density at radius 3 is 2.46 bits per heavy atom. The van der Waals surface area contributed by atoms with E-state index in [-0.39, 0.29) is 24.9 Å². The van der Waals surface area contributed by atoms with Crippen molar-refractivity contribution in [1.82, 2.24) is 24.0 Å². The summed E-state index contributed by atoms with van der Waals surface area (Å²) < 4.78 is 70.5. The van der Waals surface area contributed by atoms with E-state index in [9.17, 15) is 26.4 Å². The molecule has 1 N–H and O–H groups in total. The third kappa shape index (κ3) is 5.89. The molecule has 12 heteroatoms. The Bertz CT molecular complexity index is 1280. The predicted octanol–water partition coefficient (Wildman–Crippen LogP) is 3.17. The topological polar surface area (TPSA) is 77.9 Å². The summed E-state index contributed by atoms with van der Waals surface area (Å²) in [5.74, 6) is -0.530. The number of nitrogens with zero attached hydrogens (tertiary/aromatic N) is 4. The number of halogens is 3. The molecule has 2 atom stereocenters. The number of nitrogens with one attached hydrogen (secondary N) is 1. The summed E-state index contributed by atoms with van der Waals surface area (Å²) >= 11 is 0. The van der Waals surface area contributed by atoms with Crippen molar-refractivity contribution < 1.29 is 26.4 Å². The zero-order valence-electron chi connectivity index (χ0n) is 22.3. The van der Waals surface area contributed by atoms with Crippen LogP contribution in [0.3, 0.4) is 0 Å². The first-order valence-electron chi connectivity index (χ1n) is 13.5. The van der Waals surface area contributed by atoms with Crippen molar-refractivity contribution in [3.63, 3.8) is 0 Å². The molecule has 1 saturated heterocycles. The van der Waals surface area contributed by atoms with Crippen LogP contribution in [0.1, 0.15) is 43.5 Å². The number of alkyl halides is 3. The highest BCUT2D eigenvalue weighted by Gasteiger charge is 2.42. The van der Waals surface area contributed by atoms with Gasteiger partial charge in [-0.25, -0.2) is 8.42 Å². The van der Waals surface area contributed by atoms with Gasteiger partial charge in [-0.1, -0.05) is 13.0 Å². The Kier molecular flexibility index (Phi) is 7.84. The second kappa shape index (κ2) is 10.9. The van der Waals surface area contributed by atoms with Crippen molar-refractivity contribution in [2.45, 2.75) is 61.9 Å². The molecule has 3 aliphatic rings. The molecule has 1 aromatic carbocycles. The van der Waals surface area contributed by atoms with Crippen molar-refractivity contribution in [2.24, 2.45) is 5.92 Å². The molecular formula is C27H36F3N5O3S. The second-order valence-electron chi connectivity index (χ2n) is 11.1. The first kappa shape index (κ1) is 28.1. The average Bonchev–Trinajstić information content (AvgIpc) is 3.34. The van der Waals surface area contributed by atoms with E-state index >= 15 is 0 Å². The number of hydrogen-bond acceptors (Lipinski definition) is 5. The molecule has 8 nitrogen and oxygen atoms in total. The van der Waals surface area contributed by atoms with Crippen LogP contribution in [-0.2, 0) is 27.5 Å². The predicted molar refractivity (Wildman–Crippen MR) is 140 cm³/mol. The SMILES string of the molecule is CC(CC(=O)NC1CC(N2CCN(C)CC2)C1)C1c2cccn2CCN1S(=O)(=O)c1cccc(C(F)(F)F)c1. The van der Waals surface area contributed by atoms with Crippen molar-refractivity contribution in [2.75, 3.05) is 39.8 Å². The van der Waals surface area contributed by atoms with E-state index in [4.69, 9.17) is 0 Å². The summed E-state index contributed by atoms with van der Waals surface area (Å²) in [6.45, 7) is 6.49. The quantitative estimate of drug-likeness (QED) is 0.556. The minimum absolute atomic E-state index is 0.103. The molecule has 2 aliphatic heterocycles. The fraction of sp³-hybridized carbons (Fsp3) is 0.593. The van der Waals surface area contributed by atoms with Crippen molar-refractivity contribution >= 4 is 15.9 Å². The number of hydrogen-bond donors (Lipinski definition) is 1. The third-order valence-corrected chi connectivity index (χ3v) is 10.3. The number of sulfonamides is 1. The van der Waals surface area contributed by atoms with Crippen LogP contribution in [0.15, 0.2) is 47.5 Å². The standard InChI is InChI=1S/C27H36F3N5O3S/c1-19(15-25(36)31-21-17-22(18-21)33-11-9-32(2)10-12-33)26-24-7-4-8-34(24)13-14-35(26)39(37,38)23-6-3-5-20(16-23)27(28,29)30/h3-8,16,19,21-22,26H,9-15,17-18H2,1-2H3,(H,31,36). The molecule has 3 heterocycles. The van der Waals surface area contributed by atoms with E-state index in [1.807, 2.05) is 29.8 Å². The largest absolute Gasteiger partial charge is 0.416 e. The lowest BCUT2D eigenvalue weighted by atomic mass is 9.84. The molecule has 0 spiro atoms. The summed E-state index contributed by atoms with van der Waals surface area (Å²) in [5.41, 5.74) is -0.279. The van der Waals surface area contributed by atoms with Gasteiger partial charge in [-0.05, 0) is 56.1 Å². The van der Waals surface area contributed by atoms with Crippen LogP contribution in [0.4, 0.5) is 13.2 Å². The van der Waals surface area contributed by atoms with Crippen LogP contribution in [0.25, 0.3) is 0 Å². The lowest BCUT2D eigenvalue weighted by molar-refractivity contribution is -0.137. The van der Waals surface area contributed by atoms with Crippen molar-refractivity contribution in [1.29, 1.82) is 0 Å². The molecule has 1 saturated carbocycles. The number of aromatic nitrogens is 1. The van der Waals surface area contributed by atoms with Crippen LogP contribution in [0.5, 0.6) is 0 Å². The van der Waals surface area contributed by atoms with Crippen molar-refractivity contribution in [3.05, 3.63) is 53.9 Å². The Balaban J connectivity index is 1.27. The normalized spacial score (nSPS) is 26.0. The number of carbonyl (C=O) groups excluding carboxylic acids is 1. The van der Waals surface area contributed by atoms with E-state index < -0.39 is 38.6 Å². The lowest BCUT2D eigenvalue weighted by Gasteiger charge is -2.46. The third-order valence-electron chi connectivity index (χ3n) is 8.39. The highest BCUT2D eigenvalue weighted by atomic mass is 32.2. The monoisotopic (exact) mass is 567 g/mol. The number of fused-ring (bicyclic) bond motifs is 1. The van der Waals surface area contributed by atoms with Gasteiger partial charge in [0.1, 0.15) is 0 Å². The maximum Gasteiger partial charge on any atom is 0.416 e. The number of amides is 1. The van der Waals surface area contributed by atoms with Crippen LogP contribution < -0.4 is 5.32 Å². The molecule has 0 bridgehead atoms. The van der Waals surface area contributed by atoms with Gasteiger partial charge in [0.15, 0.2) is 0 Å². The van der Waals surface area contributed by atoms with Gasteiger partial charge < -0.3 is 14.8 Å². The van der Waals surface area contributed by atoms with Crippen LogP contribution in [0, 0.1) is 5.92 Å². The summed E-state index contributed by atoms with van der Waals surface area (Å²) in [5, 5.41) is 3.12. The molecule has 1 aliphatic carbocycles. The van der Waals surface area contributed by atoms with E-state index in [2.05, 4.69) is 22.2 Å². The average molecular weight is 568 g/mol. The summed E-state index contributed by atoms with van der Waals surface area (Å²) in [4.78, 5) is 17.4. The molecule has 214 valence electrons. The van der Waals surface area contributed by atoms with E-state index in [0.29, 0.717) is 18.7 Å². The van der Waals surface area contributed by atoms with Gasteiger partial charge in [0.25, 0.3) is 0 Å². The summed E-state index contributed by atoms with van der Waals surface area (Å²) in [7, 11) is -2.13. The summed E-state index contributed by atoms with van der Waals surface area (Å²) in [6.07, 6.45) is -0.869. The number of rotatable bonds is 7. The lowest BCUT2D eigenvalue weighted by Crippen LogP contribution is -2.58. The molecule has 0 radical (unpaired) electrons. The van der Waals surface area contributed by atoms with Crippen molar-refractivity contribution in [3.8, 4) is 0 Å². The zero-order chi connectivity index (χ0) is 27.9. The first-order chi connectivity index (χ1) is 18.4. The van der Waals surface area contributed by atoms with Crippen LogP contribution in [0.2, 0.25) is 0 Å². The van der Waals surface area contributed by atoms with Crippen LogP contribution in [-0.4, -0.2) is 84.9 Å². The smallest absolute Gasteiger partial charge is 0.353 e. The maximum atomic E-state index is 13.7. The number of benzene rings is 1. The molecule has 1 aromatic heterocycles. The molecule has 5 rings (SSSR count). The fourth-order valence-electron chi connectivity index (χ4n) is 6.09. The van der Waals surface area contributed by atoms with Gasteiger partial charge in [0, 0.05) is 69.7 Å². The zero-order valence-corrected chi connectivity index (χ0v) is 23.1. The number of likely N-dealkylation sites (N-methyl/N-ethyl adjacent to an activating group) is 1. The Labute approximate surface area is 227 Å². The number of carbonyl (C=O) groups is 1. The van der Waals surface area contributed by atoms with Gasteiger partial charge in [-0.3, -0.25) is 9.69 Å². The van der Waals surface area contributed by atoms with Gasteiger partial charge in [0.05, 0.1) is 16.5 Å². The fourth-order valence-corrected chi connectivity index (χ4v) is 7.82. The Hall–Kier alpha value is -2.41. The molecule has 2 aromatic rings. The maximum absolute atomic E-state index is 13.7. The minimum atomic E-state index is -4.65. The van der Waals surface area contributed by atoms with E-state index in [1.54, 1.807) is 0 Å². The molecular weight excluding hydrogens is 531 g/mol. The summed E-state index contributed by atoms with van der Waals surface area (Å²) in [6, 6.07) is 7.40. The van der Waals surface area contributed by atoms with E-state index in [1.165, 1.54) is 10.4 Å². The first-order valence-corrected chi connectivity index (χ1v) is 14.9.